The van der Waals surface area contributed by atoms with Gasteiger partial charge < -0.3 is 0 Å². The summed E-state index contributed by atoms with van der Waals surface area (Å²) in [6.07, 6.45) is 0. The Hall–Kier alpha value is -0.790. The topological polar surface area (TPSA) is 0 Å². The highest BCUT2D eigenvalue weighted by molar-refractivity contribution is 7.14. The summed E-state index contributed by atoms with van der Waals surface area (Å²) in [5.74, 6) is 0. The molecule has 0 aliphatic rings. The van der Waals surface area contributed by atoms with Crippen LogP contribution in [-0.2, 0) is 0 Å². The Morgan fingerprint density at radius 2 is 2.17 bits per heavy atom. The van der Waals surface area contributed by atoms with Gasteiger partial charge in [0.1, 0.15) is 0 Å². The summed E-state index contributed by atoms with van der Waals surface area (Å²) in [6.45, 7) is 0. The number of halogens is 1. The Morgan fingerprint density at radius 1 is 1.25 bits per heavy atom. The fraction of sp³-hybridized carbons (Fsp3) is 0. The molecule has 0 nitrogen and oxygen atoms in total. The first-order valence-electron chi connectivity index (χ1n) is 3.58. The maximum atomic E-state index is 5.96. The van der Waals surface area contributed by atoms with Crippen LogP contribution >= 0.6 is 22.9 Å². The molecule has 0 saturated carbocycles. The van der Waals surface area contributed by atoms with Crippen molar-refractivity contribution in [3.05, 3.63) is 46.8 Å². The third-order valence-corrected chi connectivity index (χ3v) is 2.95. The maximum absolute atomic E-state index is 5.96. The first kappa shape index (κ1) is 7.84. The lowest BCUT2D eigenvalue weighted by molar-refractivity contribution is 1.68. The van der Waals surface area contributed by atoms with E-state index in [2.05, 4.69) is 6.07 Å². The molecule has 0 amide bonds. The summed E-state index contributed by atoms with van der Waals surface area (Å²) in [5.41, 5.74) is 1.07. The van der Waals surface area contributed by atoms with Gasteiger partial charge in [-0.3, -0.25) is 0 Å². The van der Waals surface area contributed by atoms with Crippen LogP contribution < -0.4 is 0 Å². The molecule has 0 saturated heterocycles. The van der Waals surface area contributed by atoms with Gasteiger partial charge in [0.15, 0.2) is 0 Å². The lowest BCUT2D eigenvalue weighted by Crippen LogP contribution is -1.70. The fourth-order valence-electron chi connectivity index (χ4n) is 1.02. The Kier molecular flexibility index (Phi) is 2.15. The van der Waals surface area contributed by atoms with Crippen LogP contribution in [0.1, 0.15) is 0 Å². The predicted molar refractivity (Wildman–Crippen MR) is 53.6 cm³/mol. The van der Waals surface area contributed by atoms with Crippen molar-refractivity contribution in [2.45, 2.75) is 0 Å². The monoisotopic (exact) mass is 193 g/mol. The van der Waals surface area contributed by atoms with Crippen LogP contribution in [-0.4, -0.2) is 0 Å². The van der Waals surface area contributed by atoms with Crippen molar-refractivity contribution in [3.8, 4) is 10.4 Å². The van der Waals surface area contributed by atoms with Gasteiger partial charge >= 0.3 is 0 Å². The number of hydrogen-bond donors (Lipinski definition) is 0. The molecule has 2 rings (SSSR count). The van der Waals surface area contributed by atoms with Crippen LogP contribution in [0.2, 0.25) is 5.02 Å². The highest BCUT2D eigenvalue weighted by Gasteiger charge is 2.02. The van der Waals surface area contributed by atoms with Crippen LogP contribution in [0.15, 0.2) is 35.7 Å². The zero-order valence-electron chi connectivity index (χ0n) is 6.25. The van der Waals surface area contributed by atoms with E-state index in [9.17, 15) is 0 Å². The smallest absolute Gasteiger partial charge is 0.0592 e. The summed E-state index contributed by atoms with van der Waals surface area (Å²) >= 11 is 7.60. The molecule has 2 heteroatoms. The molecule has 1 aromatic heterocycles. The van der Waals surface area contributed by atoms with E-state index in [0.717, 1.165) is 15.5 Å². The standard InChI is InChI=1S/C10H6ClS/c11-9-6-7-12-10(9)8-4-2-1-3-5-8/h1-4,6-7H. The second-order valence-electron chi connectivity index (χ2n) is 2.37. The number of thiophene rings is 1. The molecule has 0 bridgehead atoms. The van der Waals surface area contributed by atoms with Gasteiger partial charge in [0.25, 0.3) is 0 Å². The molecule has 1 aromatic carbocycles. The highest BCUT2D eigenvalue weighted by Crippen LogP contribution is 2.32. The van der Waals surface area contributed by atoms with E-state index in [1.165, 1.54) is 0 Å². The SMILES string of the molecule is Clc1ccsc1-c1[c]cccc1. The van der Waals surface area contributed by atoms with Crippen molar-refractivity contribution in [1.82, 2.24) is 0 Å². The van der Waals surface area contributed by atoms with Crippen LogP contribution in [0, 0.1) is 6.07 Å². The van der Waals surface area contributed by atoms with Gasteiger partial charge in [-0.25, -0.2) is 0 Å². The highest BCUT2D eigenvalue weighted by atomic mass is 35.5. The predicted octanol–water partition coefficient (Wildman–Crippen LogP) is 3.87. The molecule has 0 unspecified atom stereocenters. The summed E-state index contributed by atoms with van der Waals surface area (Å²) in [6, 6.07) is 12.9. The van der Waals surface area contributed by atoms with Crippen molar-refractivity contribution < 1.29 is 0 Å². The molecule has 0 fully saturated rings. The zero-order chi connectivity index (χ0) is 8.39. The minimum Gasteiger partial charge on any atom is -0.142 e. The van der Waals surface area contributed by atoms with Gasteiger partial charge in [-0.05, 0) is 17.5 Å². The average molecular weight is 194 g/mol. The first-order valence-corrected chi connectivity index (χ1v) is 4.84. The van der Waals surface area contributed by atoms with Crippen molar-refractivity contribution in [2.24, 2.45) is 0 Å². The van der Waals surface area contributed by atoms with E-state index < -0.39 is 0 Å². The van der Waals surface area contributed by atoms with Crippen LogP contribution in [0.3, 0.4) is 0 Å². The minimum absolute atomic E-state index is 0.808. The molecule has 0 spiro atoms. The molecular formula is C10H6ClS. The molecule has 2 aromatic rings. The lowest BCUT2D eigenvalue weighted by atomic mass is 10.2. The zero-order valence-corrected chi connectivity index (χ0v) is 7.82. The van der Waals surface area contributed by atoms with Crippen molar-refractivity contribution in [2.75, 3.05) is 0 Å². The molecule has 59 valence electrons. The van der Waals surface area contributed by atoms with E-state index in [1.54, 1.807) is 11.3 Å². The molecule has 1 radical (unpaired) electrons. The van der Waals surface area contributed by atoms with Gasteiger partial charge in [0, 0.05) is 5.56 Å². The van der Waals surface area contributed by atoms with Crippen LogP contribution in [0.25, 0.3) is 10.4 Å². The van der Waals surface area contributed by atoms with Crippen molar-refractivity contribution in [3.63, 3.8) is 0 Å². The lowest BCUT2D eigenvalue weighted by Gasteiger charge is -1.95. The molecule has 12 heavy (non-hydrogen) atoms. The Morgan fingerprint density at radius 3 is 2.75 bits per heavy atom. The molecule has 0 N–H and O–H groups in total. The van der Waals surface area contributed by atoms with Gasteiger partial charge in [0.2, 0.25) is 0 Å². The van der Waals surface area contributed by atoms with E-state index in [1.807, 2.05) is 35.7 Å². The molecule has 0 aliphatic heterocycles. The first-order chi connectivity index (χ1) is 5.88. The number of hydrogen-bond acceptors (Lipinski definition) is 1. The second-order valence-corrected chi connectivity index (χ2v) is 3.70. The second kappa shape index (κ2) is 3.30. The largest absolute Gasteiger partial charge is 0.142 e. The van der Waals surface area contributed by atoms with Gasteiger partial charge in [-0.15, -0.1) is 11.3 Å². The van der Waals surface area contributed by atoms with Crippen molar-refractivity contribution >= 4 is 22.9 Å². The van der Waals surface area contributed by atoms with Crippen LogP contribution in [0.5, 0.6) is 0 Å². The van der Waals surface area contributed by atoms with Crippen LogP contribution in [0.4, 0.5) is 0 Å². The quantitative estimate of drug-likeness (QED) is 0.645. The van der Waals surface area contributed by atoms with E-state index in [0.29, 0.717) is 0 Å². The summed E-state index contributed by atoms with van der Waals surface area (Å²) in [5, 5.41) is 2.79. The summed E-state index contributed by atoms with van der Waals surface area (Å²) in [7, 11) is 0. The molecule has 0 atom stereocenters. The molecular weight excluding hydrogens is 188 g/mol. The third-order valence-electron chi connectivity index (χ3n) is 1.57. The minimum atomic E-state index is 0.808. The van der Waals surface area contributed by atoms with Gasteiger partial charge in [-0.2, -0.15) is 0 Å². The fourth-order valence-corrected chi connectivity index (χ4v) is 2.17. The van der Waals surface area contributed by atoms with Gasteiger partial charge in [0.05, 0.1) is 9.90 Å². The summed E-state index contributed by atoms with van der Waals surface area (Å²) < 4.78 is 0. The Labute approximate surface area is 80.4 Å². The Balaban J connectivity index is 2.51. The van der Waals surface area contributed by atoms with E-state index >= 15 is 0 Å². The van der Waals surface area contributed by atoms with Gasteiger partial charge in [-0.1, -0.05) is 35.9 Å². The molecule has 1 heterocycles. The third kappa shape index (κ3) is 1.38. The normalized spacial score (nSPS) is 10.1. The average Bonchev–Trinajstić information content (AvgIpc) is 2.53. The molecule has 0 aliphatic carbocycles. The summed E-state index contributed by atoms with van der Waals surface area (Å²) in [4.78, 5) is 1.09. The van der Waals surface area contributed by atoms with E-state index in [4.69, 9.17) is 11.6 Å². The Bertz CT molecular complexity index is 364. The maximum Gasteiger partial charge on any atom is 0.0592 e. The number of rotatable bonds is 1. The number of benzene rings is 1. The van der Waals surface area contributed by atoms with E-state index in [-0.39, 0.29) is 0 Å². The van der Waals surface area contributed by atoms with Crippen molar-refractivity contribution in [1.29, 1.82) is 0 Å².